The molecule has 0 aliphatic carbocycles. The van der Waals surface area contributed by atoms with E-state index in [1.54, 1.807) is 18.4 Å². The first-order valence-corrected chi connectivity index (χ1v) is 6.23. The smallest absolute Gasteiger partial charge is 0.229 e. The monoisotopic (exact) mass is 269 g/mol. The van der Waals surface area contributed by atoms with Crippen LogP contribution >= 0.6 is 0 Å². The number of anilines is 1. The number of hydrogen-bond donors (Lipinski definition) is 1. The van der Waals surface area contributed by atoms with Crippen molar-refractivity contribution in [2.75, 3.05) is 5.32 Å². The quantitative estimate of drug-likeness (QED) is 0.786. The van der Waals surface area contributed by atoms with Gasteiger partial charge in [-0.05, 0) is 18.2 Å². The van der Waals surface area contributed by atoms with E-state index in [0.717, 1.165) is 16.5 Å². The maximum absolute atomic E-state index is 13.4. The Kier molecular flexibility index (Phi) is 3.21. The fraction of sp³-hybridized carbons (Fsp3) is 0.0625. The number of carbonyl (C=O) groups excluding carboxylic acids is 1. The summed E-state index contributed by atoms with van der Waals surface area (Å²) in [5, 5.41) is 3.46. The molecule has 0 radical (unpaired) electrons. The number of hydrogen-bond acceptors (Lipinski definition) is 2. The number of nitrogens with one attached hydrogen (secondary N) is 1. The second kappa shape index (κ2) is 5.17. The Bertz CT molecular complexity index is 764. The van der Waals surface area contributed by atoms with Crippen molar-refractivity contribution in [2.24, 2.45) is 0 Å². The van der Waals surface area contributed by atoms with Gasteiger partial charge in [-0.2, -0.15) is 0 Å². The van der Waals surface area contributed by atoms with Gasteiger partial charge in [-0.1, -0.05) is 30.3 Å². The summed E-state index contributed by atoms with van der Waals surface area (Å²) in [4.78, 5) is 12.0. The summed E-state index contributed by atoms with van der Waals surface area (Å²) < 4.78 is 18.8. The van der Waals surface area contributed by atoms with E-state index in [9.17, 15) is 9.18 Å². The van der Waals surface area contributed by atoms with Gasteiger partial charge in [-0.15, -0.1) is 0 Å². The molecule has 0 saturated heterocycles. The van der Waals surface area contributed by atoms with Crippen LogP contribution in [0.3, 0.4) is 0 Å². The van der Waals surface area contributed by atoms with Gasteiger partial charge in [0, 0.05) is 10.9 Å². The van der Waals surface area contributed by atoms with Crippen LogP contribution in [-0.2, 0) is 11.2 Å². The Balaban J connectivity index is 1.78. The van der Waals surface area contributed by atoms with E-state index < -0.39 is 5.82 Å². The van der Waals surface area contributed by atoms with Crippen LogP contribution in [0, 0.1) is 5.82 Å². The zero-order valence-corrected chi connectivity index (χ0v) is 10.6. The van der Waals surface area contributed by atoms with Gasteiger partial charge in [-0.3, -0.25) is 4.79 Å². The molecule has 0 aliphatic rings. The van der Waals surface area contributed by atoms with Gasteiger partial charge in [-0.25, -0.2) is 4.39 Å². The molecule has 0 unspecified atom stereocenters. The molecule has 0 bridgehead atoms. The van der Waals surface area contributed by atoms with Gasteiger partial charge in [0.1, 0.15) is 11.4 Å². The molecule has 1 heterocycles. The van der Waals surface area contributed by atoms with E-state index in [1.807, 2.05) is 24.3 Å². The molecule has 4 heteroatoms. The third-order valence-corrected chi connectivity index (χ3v) is 3.06. The van der Waals surface area contributed by atoms with Crippen LogP contribution in [0.2, 0.25) is 0 Å². The molecule has 1 aromatic heterocycles. The highest BCUT2D eigenvalue weighted by molar-refractivity contribution is 5.95. The lowest BCUT2D eigenvalue weighted by Crippen LogP contribution is -2.15. The van der Waals surface area contributed by atoms with Crippen molar-refractivity contribution in [3.63, 3.8) is 0 Å². The summed E-state index contributed by atoms with van der Waals surface area (Å²) in [7, 11) is 0. The number of rotatable bonds is 3. The summed E-state index contributed by atoms with van der Waals surface area (Å²) in [6.45, 7) is 0. The van der Waals surface area contributed by atoms with E-state index in [0.29, 0.717) is 0 Å². The molecule has 1 amide bonds. The lowest BCUT2D eigenvalue weighted by Gasteiger charge is -2.05. The summed E-state index contributed by atoms with van der Waals surface area (Å²) in [5.74, 6) is -0.723. The maximum atomic E-state index is 13.4. The molecular weight excluding hydrogens is 257 g/mol. The highest BCUT2D eigenvalue weighted by Gasteiger charge is 2.11. The molecule has 20 heavy (non-hydrogen) atoms. The van der Waals surface area contributed by atoms with Crippen molar-refractivity contribution in [3.8, 4) is 0 Å². The summed E-state index contributed by atoms with van der Waals surface area (Å²) in [6.07, 6.45) is 1.71. The number of benzene rings is 2. The Labute approximate surface area is 115 Å². The summed E-state index contributed by atoms with van der Waals surface area (Å²) in [5.41, 5.74) is 1.71. The van der Waals surface area contributed by atoms with E-state index in [-0.39, 0.29) is 18.0 Å². The van der Waals surface area contributed by atoms with Crippen LogP contribution in [-0.4, -0.2) is 5.91 Å². The van der Waals surface area contributed by atoms with Crippen molar-refractivity contribution in [1.29, 1.82) is 0 Å². The number of halogens is 1. The van der Waals surface area contributed by atoms with Gasteiger partial charge in [0.25, 0.3) is 0 Å². The molecular formula is C16H12FNO2. The van der Waals surface area contributed by atoms with E-state index in [1.165, 1.54) is 12.1 Å². The molecule has 1 N–H and O–H groups in total. The molecule has 0 saturated carbocycles. The van der Waals surface area contributed by atoms with Gasteiger partial charge in [0.05, 0.1) is 18.4 Å². The lowest BCUT2D eigenvalue weighted by molar-refractivity contribution is -0.115. The maximum Gasteiger partial charge on any atom is 0.229 e. The number of para-hydroxylation sites is 2. The first-order chi connectivity index (χ1) is 9.74. The highest BCUT2D eigenvalue weighted by Crippen LogP contribution is 2.21. The number of fused-ring (bicyclic) bond motifs is 1. The predicted molar refractivity (Wildman–Crippen MR) is 74.9 cm³/mol. The van der Waals surface area contributed by atoms with Crippen LogP contribution in [0.5, 0.6) is 0 Å². The Morgan fingerprint density at radius 1 is 1.10 bits per heavy atom. The molecule has 2 aromatic carbocycles. The fourth-order valence-electron chi connectivity index (χ4n) is 2.10. The standard InChI is InChI=1S/C16H12FNO2/c17-13-6-2-3-7-14(13)18-16(19)9-11-10-20-15-8-4-1-5-12(11)15/h1-8,10H,9H2,(H,18,19). The minimum absolute atomic E-state index is 0.144. The molecule has 3 nitrogen and oxygen atoms in total. The molecule has 100 valence electrons. The third kappa shape index (κ3) is 2.40. The van der Waals surface area contributed by atoms with E-state index >= 15 is 0 Å². The highest BCUT2D eigenvalue weighted by atomic mass is 19.1. The van der Waals surface area contributed by atoms with Crippen molar-refractivity contribution in [2.45, 2.75) is 6.42 Å². The van der Waals surface area contributed by atoms with Crippen molar-refractivity contribution in [3.05, 3.63) is 66.2 Å². The number of carbonyl (C=O) groups is 1. The van der Waals surface area contributed by atoms with Crippen LogP contribution < -0.4 is 5.32 Å². The zero-order chi connectivity index (χ0) is 13.9. The van der Waals surface area contributed by atoms with Crippen LogP contribution in [0.1, 0.15) is 5.56 Å². The normalized spacial score (nSPS) is 10.7. The molecule has 0 atom stereocenters. The fourth-order valence-corrected chi connectivity index (χ4v) is 2.10. The molecule has 0 fully saturated rings. The van der Waals surface area contributed by atoms with E-state index in [2.05, 4.69) is 5.32 Å². The Morgan fingerprint density at radius 3 is 2.70 bits per heavy atom. The Hall–Kier alpha value is -2.62. The average molecular weight is 269 g/mol. The first kappa shape index (κ1) is 12.4. The molecule has 3 rings (SSSR count). The molecule has 0 spiro atoms. The molecule has 0 aliphatic heterocycles. The topological polar surface area (TPSA) is 42.2 Å². The minimum atomic E-state index is -0.446. The van der Waals surface area contributed by atoms with Crippen molar-refractivity contribution in [1.82, 2.24) is 0 Å². The van der Waals surface area contributed by atoms with Crippen LogP contribution in [0.4, 0.5) is 10.1 Å². The van der Waals surface area contributed by atoms with Crippen molar-refractivity contribution >= 4 is 22.6 Å². The van der Waals surface area contributed by atoms with Gasteiger partial charge >= 0.3 is 0 Å². The summed E-state index contributed by atoms with van der Waals surface area (Å²) in [6, 6.07) is 13.6. The second-order valence-electron chi connectivity index (χ2n) is 4.46. The summed E-state index contributed by atoms with van der Waals surface area (Å²) >= 11 is 0. The minimum Gasteiger partial charge on any atom is -0.464 e. The zero-order valence-electron chi connectivity index (χ0n) is 10.6. The lowest BCUT2D eigenvalue weighted by atomic mass is 10.1. The van der Waals surface area contributed by atoms with Gasteiger partial charge in [0.15, 0.2) is 0 Å². The average Bonchev–Trinajstić information content (AvgIpc) is 2.85. The van der Waals surface area contributed by atoms with Gasteiger partial charge in [0.2, 0.25) is 5.91 Å². The molecule has 3 aromatic rings. The largest absolute Gasteiger partial charge is 0.464 e. The van der Waals surface area contributed by atoms with Crippen molar-refractivity contribution < 1.29 is 13.6 Å². The second-order valence-corrected chi connectivity index (χ2v) is 4.46. The SMILES string of the molecule is O=C(Cc1coc2ccccc12)Nc1ccccc1F. The number of furan rings is 1. The number of amides is 1. The predicted octanol–water partition coefficient (Wildman–Crippen LogP) is 3.75. The van der Waals surface area contributed by atoms with Gasteiger partial charge < -0.3 is 9.73 Å². The third-order valence-electron chi connectivity index (χ3n) is 3.06. The van der Waals surface area contributed by atoms with Crippen LogP contribution in [0.15, 0.2) is 59.2 Å². The Morgan fingerprint density at radius 2 is 1.85 bits per heavy atom. The van der Waals surface area contributed by atoms with E-state index in [4.69, 9.17) is 4.42 Å². The first-order valence-electron chi connectivity index (χ1n) is 6.23. The van der Waals surface area contributed by atoms with Crippen LogP contribution in [0.25, 0.3) is 11.0 Å².